The van der Waals surface area contributed by atoms with E-state index in [1.165, 1.54) is 14.2 Å². The first-order valence-corrected chi connectivity index (χ1v) is 7.79. The van der Waals surface area contributed by atoms with Gasteiger partial charge < -0.3 is 25.5 Å². The fraction of sp³-hybridized carbons (Fsp3) is 0.222. The van der Waals surface area contributed by atoms with Gasteiger partial charge in [-0.15, -0.1) is 0 Å². The molecule has 130 valence electrons. The molecule has 1 heterocycles. The molecule has 0 atom stereocenters. The third-order valence-corrected chi connectivity index (χ3v) is 4.05. The topological polar surface area (TPSA) is 106 Å². The van der Waals surface area contributed by atoms with Crippen LogP contribution in [0.15, 0.2) is 35.3 Å². The van der Waals surface area contributed by atoms with Crippen molar-refractivity contribution < 1.29 is 14.3 Å². The lowest BCUT2D eigenvalue weighted by Crippen LogP contribution is -2.29. The normalized spacial score (nSPS) is 10.8. The number of rotatable bonds is 5. The molecule has 3 aromatic rings. The highest BCUT2D eigenvalue weighted by Crippen LogP contribution is 2.36. The van der Waals surface area contributed by atoms with Crippen LogP contribution in [0.3, 0.4) is 0 Å². The van der Waals surface area contributed by atoms with E-state index in [2.05, 4.69) is 10.3 Å². The Morgan fingerprint density at radius 3 is 2.48 bits per heavy atom. The summed E-state index contributed by atoms with van der Waals surface area (Å²) in [7, 11) is 3.04. The van der Waals surface area contributed by atoms with Crippen molar-refractivity contribution in [2.45, 2.75) is 0 Å². The van der Waals surface area contributed by atoms with Gasteiger partial charge in [-0.3, -0.25) is 9.59 Å². The second-order valence-electron chi connectivity index (χ2n) is 5.49. The number of aromatic amines is 1. The number of hydrogen-bond donors (Lipinski definition) is 3. The van der Waals surface area contributed by atoms with Crippen LogP contribution in [0.2, 0.25) is 0 Å². The molecule has 4 N–H and O–H groups in total. The Bertz CT molecular complexity index is 1010. The van der Waals surface area contributed by atoms with Crippen molar-refractivity contribution in [3.63, 3.8) is 0 Å². The molecule has 0 spiro atoms. The van der Waals surface area contributed by atoms with E-state index in [0.29, 0.717) is 51.7 Å². The summed E-state index contributed by atoms with van der Waals surface area (Å²) >= 11 is 0. The van der Waals surface area contributed by atoms with Gasteiger partial charge in [-0.05, 0) is 40.4 Å². The van der Waals surface area contributed by atoms with E-state index in [4.69, 9.17) is 15.2 Å². The summed E-state index contributed by atoms with van der Waals surface area (Å²) in [4.78, 5) is 27.6. The Labute approximate surface area is 143 Å². The first-order chi connectivity index (χ1) is 12.1. The number of methoxy groups -OCH3 is 2. The second-order valence-corrected chi connectivity index (χ2v) is 5.49. The maximum Gasteiger partial charge on any atom is 0.256 e. The van der Waals surface area contributed by atoms with Gasteiger partial charge >= 0.3 is 0 Å². The maximum atomic E-state index is 12.6. The minimum absolute atomic E-state index is 0.233. The molecule has 0 saturated heterocycles. The average Bonchev–Trinajstić information content (AvgIpc) is 2.64. The molecule has 7 nitrogen and oxygen atoms in total. The Balaban J connectivity index is 2.41. The predicted octanol–water partition coefficient (Wildman–Crippen LogP) is 1.39. The van der Waals surface area contributed by atoms with Crippen molar-refractivity contribution in [2.24, 2.45) is 5.73 Å². The predicted molar refractivity (Wildman–Crippen MR) is 96.6 cm³/mol. The molecule has 1 amide bonds. The van der Waals surface area contributed by atoms with Gasteiger partial charge in [0, 0.05) is 24.8 Å². The van der Waals surface area contributed by atoms with Gasteiger partial charge in [-0.2, -0.15) is 0 Å². The molecule has 0 unspecified atom stereocenters. The van der Waals surface area contributed by atoms with E-state index in [0.717, 1.165) is 0 Å². The zero-order chi connectivity index (χ0) is 18.0. The number of amides is 1. The number of nitrogens with one attached hydrogen (secondary N) is 2. The Kier molecular flexibility index (Phi) is 4.58. The lowest BCUT2D eigenvalue weighted by Gasteiger charge is -2.14. The number of ether oxygens (including phenoxy) is 2. The molecule has 3 rings (SSSR count). The Hall–Kier alpha value is -3.06. The van der Waals surface area contributed by atoms with Gasteiger partial charge in [0.05, 0.1) is 19.6 Å². The van der Waals surface area contributed by atoms with Gasteiger partial charge in [-0.25, -0.2) is 0 Å². The zero-order valence-electron chi connectivity index (χ0n) is 14.0. The standard InChI is InChI=1S/C18H19N3O4/c1-24-14-8-11-12(9-15(14)25-2)16-10(3-5-20-18(16)23)7-13(11)17(22)21-6-4-19/h3,5,7-9H,4,6,19H2,1-2H3,(H,20,23)(H,21,22). The van der Waals surface area contributed by atoms with Crippen molar-refractivity contribution >= 4 is 27.5 Å². The summed E-state index contributed by atoms with van der Waals surface area (Å²) in [5, 5.41) is 5.15. The molecule has 0 aliphatic heterocycles. The minimum Gasteiger partial charge on any atom is -0.493 e. The van der Waals surface area contributed by atoms with Gasteiger partial charge in [0.15, 0.2) is 11.5 Å². The summed E-state index contributed by atoms with van der Waals surface area (Å²) in [5.74, 6) is 0.707. The van der Waals surface area contributed by atoms with Crippen molar-refractivity contribution in [1.82, 2.24) is 10.3 Å². The molecular formula is C18H19N3O4. The summed E-state index contributed by atoms with van der Waals surface area (Å²) in [6.07, 6.45) is 1.55. The van der Waals surface area contributed by atoms with Gasteiger partial charge in [0.25, 0.3) is 11.5 Å². The number of benzene rings is 2. The molecule has 0 aliphatic carbocycles. The maximum absolute atomic E-state index is 12.6. The van der Waals surface area contributed by atoms with Crippen LogP contribution in [0, 0.1) is 0 Å². The molecule has 7 heteroatoms. The van der Waals surface area contributed by atoms with Gasteiger partial charge in [0.1, 0.15) is 0 Å². The first-order valence-electron chi connectivity index (χ1n) is 7.79. The highest BCUT2D eigenvalue weighted by atomic mass is 16.5. The van der Waals surface area contributed by atoms with Crippen LogP contribution < -0.4 is 26.1 Å². The van der Waals surface area contributed by atoms with Crippen LogP contribution in [0.25, 0.3) is 21.5 Å². The van der Waals surface area contributed by atoms with Crippen molar-refractivity contribution in [3.05, 3.63) is 46.4 Å². The summed E-state index contributed by atoms with van der Waals surface area (Å²) in [6.45, 7) is 0.703. The van der Waals surface area contributed by atoms with E-state index < -0.39 is 0 Å². The third-order valence-electron chi connectivity index (χ3n) is 4.05. The highest BCUT2D eigenvalue weighted by molar-refractivity contribution is 6.17. The quantitative estimate of drug-likeness (QED) is 0.608. The van der Waals surface area contributed by atoms with E-state index in [1.54, 1.807) is 30.5 Å². The summed E-state index contributed by atoms with van der Waals surface area (Å²) in [6, 6.07) is 6.88. The number of pyridine rings is 1. The average molecular weight is 341 g/mol. The second kappa shape index (κ2) is 6.82. The minimum atomic E-state index is -0.259. The molecule has 2 aromatic carbocycles. The van der Waals surface area contributed by atoms with Crippen LogP contribution in [0.5, 0.6) is 11.5 Å². The molecule has 0 bridgehead atoms. The molecule has 0 aliphatic rings. The smallest absolute Gasteiger partial charge is 0.256 e. The van der Waals surface area contributed by atoms with Crippen LogP contribution in [0.1, 0.15) is 10.4 Å². The van der Waals surface area contributed by atoms with Crippen LogP contribution in [-0.4, -0.2) is 38.2 Å². The van der Waals surface area contributed by atoms with Crippen LogP contribution in [-0.2, 0) is 0 Å². The van der Waals surface area contributed by atoms with Crippen LogP contribution >= 0.6 is 0 Å². The van der Waals surface area contributed by atoms with Crippen molar-refractivity contribution in [3.8, 4) is 11.5 Å². The lowest BCUT2D eigenvalue weighted by atomic mass is 9.97. The number of hydrogen-bond acceptors (Lipinski definition) is 5. The molecule has 0 radical (unpaired) electrons. The van der Waals surface area contributed by atoms with E-state index in [9.17, 15) is 9.59 Å². The largest absolute Gasteiger partial charge is 0.493 e. The van der Waals surface area contributed by atoms with E-state index >= 15 is 0 Å². The zero-order valence-corrected chi connectivity index (χ0v) is 14.0. The summed E-state index contributed by atoms with van der Waals surface area (Å²) < 4.78 is 10.7. The number of H-pyrrole nitrogens is 1. The molecule has 0 fully saturated rings. The van der Waals surface area contributed by atoms with E-state index in [1.807, 2.05) is 0 Å². The van der Waals surface area contributed by atoms with Crippen molar-refractivity contribution in [2.75, 3.05) is 27.3 Å². The highest BCUT2D eigenvalue weighted by Gasteiger charge is 2.17. The number of carbonyl (C=O) groups is 1. The number of nitrogens with two attached hydrogens (primary N) is 1. The fourth-order valence-corrected chi connectivity index (χ4v) is 2.90. The van der Waals surface area contributed by atoms with Gasteiger partial charge in [0.2, 0.25) is 0 Å². The lowest BCUT2D eigenvalue weighted by molar-refractivity contribution is 0.0956. The van der Waals surface area contributed by atoms with Crippen LogP contribution in [0.4, 0.5) is 0 Å². The van der Waals surface area contributed by atoms with Crippen molar-refractivity contribution in [1.29, 1.82) is 0 Å². The Morgan fingerprint density at radius 1 is 1.16 bits per heavy atom. The number of fused-ring (bicyclic) bond motifs is 3. The molecule has 1 aromatic heterocycles. The SMILES string of the molecule is COc1cc2c(C(=O)NCCN)cc3cc[nH]c(=O)c3c2cc1OC. The molecule has 0 saturated carbocycles. The first kappa shape index (κ1) is 16.8. The molecular weight excluding hydrogens is 322 g/mol. The number of carbonyl (C=O) groups excluding carboxylic acids is 1. The third kappa shape index (κ3) is 2.89. The monoisotopic (exact) mass is 341 g/mol. The van der Waals surface area contributed by atoms with E-state index in [-0.39, 0.29) is 11.5 Å². The Morgan fingerprint density at radius 2 is 1.84 bits per heavy atom. The molecule has 25 heavy (non-hydrogen) atoms. The van der Waals surface area contributed by atoms with Gasteiger partial charge in [-0.1, -0.05) is 0 Å². The summed E-state index contributed by atoms with van der Waals surface area (Å²) in [5.41, 5.74) is 5.68. The number of aromatic nitrogens is 1. The fourth-order valence-electron chi connectivity index (χ4n) is 2.90.